The fourth-order valence-electron chi connectivity index (χ4n) is 3.77. The molecule has 206 valence electrons. The van der Waals surface area contributed by atoms with Gasteiger partial charge in [0.25, 0.3) is 0 Å². The molecule has 12 heteroatoms. The third kappa shape index (κ3) is 9.95. The van der Waals surface area contributed by atoms with Crippen LogP contribution in [0.2, 0.25) is 0 Å². The molecule has 0 aliphatic heterocycles. The quantitative estimate of drug-likeness (QED) is 0.220. The SMILES string of the molecule is CC1C=CC(CCC(=O)Nc2nnc(CCSCCc3nnc(NC(=O)CC(O)c4ccccc4)s3)s2)=CC1. The molecule has 3 aromatic rings. The molecule has 39 heavy (non-hydrogen) atoms. The van der Waals surface area contributed by atoms with E-state index in [1.807, 2.05) is 18.2 Å². The minimum atomic E-state index is -0.860. The number of aliphatic hydroxyl groups is 1. The van der Waals surface area contributed by atoms with Gasteiger partial charge in [-0.3, -0.25) is 9.59 Å². The van der Waals surface area contributed by atoms with Crippen molar-refractivity contribution >= 4 is 56.5 Å². The number of aryl methyl sites for hydroxylation is 2. The Labute approximate surface area is 240 Å². The fourth-order valence-corrected chi connectivity index (χ4v) is 6.42. The summed E-state index contributed by atoms with van der Waals surface area (Å²) in [5.41, 5.74) is 1.92. The summed E-state index contributed by atoms with van der Waals surface area (Å²) in [5.74, 6) is 1.97. The highest BCUT2D eigenvalue weighted by atomic mass is 32.2. The van der Waals surface area contributed by atoms with Crippen molar-refractivity contribution < 1.29 is 14.7 Å². The maximum absolute atomic E-state index is 12.3. The van der Waals surface area contributed by atoms with Crippen LogP contribution in [0.1, 0.15) is 54.3 Å². The summed E-state index contributed by atoms with van der Waals surface area (Å²) in [7, 11) is 0. The van der Waals surface area contributed by atoms with Crippen molar-refractivity contribution in [3.63, 3.8) is 0 Å². The van der Waals surface area contributed by atoms with Crippen molar-refractivity contribution in [3.8, 4) is 0 Å². The Kier molecular flexibility index (Phi) is 11.2. The van der Waals surface area contributed by atoms with Crippen molar-refractivity contribution in [2.75, 3.05) is 22.1 Å². The van der Waals surface area contributed by atoms with Crippen LogP contribution in [0.15, 0.2) is 54.1 Å². The highest BCUT2D eigenvalue weighted by molar-refractivity contribution is 7.99. The summed E-state index contributed by atoms with van der Waals surface area (Å²) < 4.78 is 0. The molecule has 0 saturated carbocycles. The number of carbonyl (C=O) groups is 2. The van der Waals surface area contributed by atoms with E-state index in [9.17, 15) is 14.7 Å². The summed E-state index contributed by atoms with van der Waals surface area (Å²) in [6, 6.07) is 9.09. The largest absolute Gasteiger partial charge is 0.388 e. The van der Waals surface area contributed by atoms with Gasteiger partial charge in [0, 0.05) is 19.3 Å². The van der Waals surface area contributed by atoms with Gasteiger partial charge in [0.2, 0.25) is 22.1 Å². The minimum absolute atomic E-state index is 0.0406. The molecule has 0 spiro atoms. The Bertz CT molecular complexity index is 1290. The highest BCUT2D eigenvalue weighted by Gasteiger charge is 2.15. The van der Waals surface area contributed by atoms with Crippen molar-refractivity contribution in [1.82, 2.24) is 20.4 Å². The average molecular weight is 585 g/mol. The fraction of sp³-hybridized carbons (Fsp3) is 0.407. The molecule has 2 aromatic heterocycles. The van der Waals surface area contributed by atoms with Gasteiger partial charge in [0.05, 0.1) is 12.5 Å². The number of nitrogens with zero attached hydrogens (tertiary/aromatic N) is 4. The molecule has 9 nitrogen and oxygen atoms in total. The number of rotatable bonds is 14. The number of carbonyl (C=O) groups excluding carboxylic acids is 2. The van der Waals surface area contributed by atoms with Crippen LogP contribution < -0.4 is 10.6 Å². The molecule has 2 heterocycles. The number of nitrogens with one attached hydrogen (secondary N) is 2. The van der Waals surface area contributed by atoms with Crippen LogP contribution in [-0.4, -0.2) is 48.8 Å². The minimum Gasteiger partial charge on any atom is -0.388 e. The van der Waals surface area contributed by atoms with Gasteiger partial charge in [-0.1, -0.05) is 83.7 Å². The second kappa shape index (κ2) is 15.0. The van der Waals surface area contributed by atoms with Crippen LogP contribution in [-0.2, 0) is 22.4 Å². The predicted octanol–water partition coefficient (Wildman–Crippen LogP) is 5.21. The van der Waals surface area contributed by atoms with Crippen LogP contribution in [0.3, 0.4) is 0 Å². The lowest BCUT2D eigenvalue weighted by Crippen LogP contribution is -2.15. The van der Waals surface area contributed by atoms with Crippen molar-refractivity contribution in [1.29, 1.82) is 0 Å². The van der Waals surface area contributed by atoms with Crippen molar-refractivity contribution in [2.24, 2.45) is 5.92 Å². The van der Waals surface area contributed by atoms with E-state index >= 15 is 0 Å². The Hall–Kier alpha value is -2.93. The molecule has 0 radical (unpaired) electrons. The number of hydrogen-bond donors (Lipinski definition) is 3. The number of allylic oxidation sites excluding steroid dienone is 4. The Balaban J connectivity index is 1.08. The van der Waals surface area contributed by atoms with E-state index in [0.29, 0.717) is 28.2 Å². The first kappa shape index (κ1) is 29.1. The number of aliphatic hydroxyl groups excluding tert-OH is 1. The van der Waals surface area contributed by atoms with Gasteiger partial charge in [-0.2, -0.15) is 11.8 Å². The second-order valence-corrected chi connectivity index (χ2v) is 12.5. The predicted molar refractivity (Wildman–Crippen MR) is 158 cm³/mol. The van der Waals surface area contributed by atoms with E-state index in [2.05, 4.69) is 56.2 Å². The van der Waals surface area contributed by atoms with Crippen LogP contribution in [0.4, 0.5) is 10.3 Å². The van der Waals surface area contributed by atoms with Crippen LogP contribution in [0.5, 0.6) is 0 Å². The molecule has 2 amide bonds. The third-order valence-corrected chi connectivity index (χ3v) is 8.72. The number of hydrogen-bond acceptors (Lipinski definition) is 10. The summed E-state index contributed by atoms with van der Waals surface area (Å²) >= 11 is 4.53. The summed E-state index contributed by atoms with van der Waals surface area (Å²) in [6.45, 7) is 2.18. The Morgan fingerprint density at radius 1 is 0.974 bits per heavy atom. The van der Waals surface area contributed by atoms with Crippen molar-refractivity contribution in [2.45, 2.75) is 51.6 Å². The first-order valence-electron chi connectivity index (χ1n) is 12.9. The monoisotopic (exact) mass is 584 g/mol. The van der Waals surface area contributed by atoms with Gasteiger partial charge < -0.3 is 15.7 Å². The van der Waals surface area contributed by atoms with Gasteiger partial charge >= 0.3 is 0 Å². The zero-order chi connectivity index (χ0) is 27.5. The van der Waals surface area contributed by atoms with Crippen molar-refractivity contribution in [3.05, 3.63) is 69.7 Å². The molecule has 4 rings (SSSR count). The topological polar surface area (TPSA) is 130 Å². The second-order valence-electron chi connectivity index (χ2n) is 9.19. The molecular formula is C27H32N6O3S3. The number of benzene rings is 1. The molecular weight excluding hydrogens is 553 g/mol. The maximum Gasteiger partial charge on any atom is 0.229 e. The van der Waals surface area contributed by atoms with Crippen LogP contribution in [0, 0.1) is 5.92 Å². The lowest BCUT2D eigenvalue weighted by atomic mass is 9.96. The molecule has 0 bridgehead atoms. The molecule has 3 N–H and O–H groups in total. The molecule has 2 unspecified atom stereocenters. The van der Waals surface area contributed by atoms with E-state index in [0.717, 1.165) is 47.2 Å². The molecule has 1 aliphatic carbocycles. The van der Waals surface area contributed by atoms with E-state index in [1.165, 1.54) is 28.2 Å². The smallest absolute Gasteiger partial charge is 0.229 e. The lowest BCUT2D eigenvalue weighted by molar-refractivity contribution is -0.118. The molecule has 2 atom stereocenters. The molecule has 1 aliphatic rings. The number of anilines is 2. The Morgan fingerprint density at radius 2 is 1.62 bits per heavy atom. The first-order valence-corrected chi connectivity index (χ1v) is 15.7. The van der Waals surface area contributed by atoms with E-state index in [4.69, 9.17) is 0 Å². The van der Waals surface area contributed by atoms with Crippen LogP contribution in [0.25, 0.3) is 0 Å². The first-order chi connectivity index (χ1) is 18.9. The number of aromatic nitrogens is 4. The molecule has 0 saturated heterocycles. The highest BCUT2D eigenvalue weighted by Crippen LogP contribution is 2.23. The van der Waals surface area contributed by atoms with E-state index in [-0.39, 0.29) is 18.2 Å². The van der Waals surface area contributed by atoms with E-state index in [1.54, 1.807) is 23.9 Å². The normalized spacial score (nSPS) is 15.5. The van der Waals surface area contributed by atoms with Crippen LogP contribution >= 0.6 is 34.4 Å². The standard InChI is InChI=1S/C27H32N6O3S3/c1-18-7-9-19(10-8-18)11-12-22(35)28-26-32-30-24(38-26)13-15-37-16-14-25-31-33-27(39-25)29-23(36)17-21(34)20-5-3-2-4-6-20/h2-7,9-10,18,21,34H,8,11-17H2,1H3,(H,28,32,35)(H,29,33,36). The lowest BCUT2D eigenvalue weighted by Gasteiger charge is -2.11. The van der Waals surface area contributed by atoms with Gasteiger partial charge in [0.1, 0.15) is 10.0 Å². The van der Waals surface area contributed by atoms with Gasteiger partial charge in [-0.15, -0.1) is 20.4 Å². The van der Waals surface area contributed by atoms with Gasteiger partial charge in [-0.05, 0) is 35.8 Å². The molecule has 1 aromatic carbocycles. The van der Waals surface area contributed by atoms with E-state index < -0.39 is 6.10 Å². The third-order valence-electron chi connectivity index (χ3n) is 5.94. The zero-order valence-corrected chi connectivity index (χ0v) is 24.2. The van der Waals surface area contributed by atoms with Gasteiger partial charge in [-0.25, -0.2) is 0 Å². The summed E-state index contributed by atoms with van der Waals surface area (Å²) in [5, 5.41) is 35.0. The maximum atomic E-state index is 12.3. The Morgan fingerprint density at radius 3 is 2.23 bits per heavy atom. The zero-order valence-electron chi connectivity index (χ0n) is 21.7. The summed E-state index contributed by atoms with van der Waals surface area (Å²) in [4.78, 5) is 24.5. The average Bonchev–Trinajstić information content (AvgIpc) is 3.57. The molecule has 0 fully saturated rings. The summed E-state index contributed by atoms with van der Waals surface area (Å²) in [6.07, 6.45) is 9.33. The van der Waals surface area contributed by atoms with Gasteiger partial charge in [0.15, 0.2) is 0 Å². The number of thioether (sulfide) groups is 1. The number of amides is 2.